The topological polar surface area (TPSA) is 30.2 Å². The molecule has 0 saturated heterocycles. The highest BCUT2D eigenvalue weighted by Crippen LogP contribution is 2.15. The molecule has 0 aromatic carbocycles. The number of hydrogen-bond acceptors (Lipinski definition) is 2. The van der Waals surface area contributed by atoms with Gasteiger partial charge in [0, 0.05) is 0 Å². The van der Waals surface area contributed by atoms with E-state index in [1.165, 1.54) is 4.52 Å². The fourth-order valence-electron chi connectivity index (χ4n) is 1.00. The first-order valence-corrected chi connectivity index (χ1v) is 4.15. The van der Waals surface area contributed by atoms with Crippen molar-refractivity contribution in [3.05, 3.63) is 28.4 Å². The summed E-state index contributed by atoms with van der Waals surface area (Å²) >= 11 is 3.06. The highest BCUT2D eigenvalue weighted by molar-refractivity contribution is 9.10. The average molecular weight is 230 g/mol. The number of rotatable bonds is 0. The molecule has 2 aromatic heterocycles. The van der Waals surface area contributed by atoms with Crippen molar-refractivity contribution in [2.24, 2.45) is 0 Å². The average Bonchev–Trinajstić information content (AvgIpc) is 2.39. The minimum absolute atomic E-state index is 0.389. The Morgan fingerprint density at radius 1 is 1.50 bits per heavy atom. The van der Waals surface area contributed by atoms with E-state index >= 15 is 0 Å². The van der Waals surface area contributed by atoms with Crippen molar-refractivity contribution in [3.63, 3.8) is 0 Å². The lowest BCUT2D eigenvalue weighted by Crippen LogP contribution is -1.95. The Balaban J connectivity index is 2.89. The van der Waals surface area contributed by atoms with E-state index in [2.05, 4.69) is 26.0 Å². The van der Waals surface area contributed by atoms with Crippen LogP contribution < -0.4 is 0 Å². The maximum atomic E-state index is 13.2. The minimum Gasteiger partial charge on any atom is -0.212 e. The van der Waals surface area contributed by atoms with Crippen molar-refractivity contribution in [1.82, 2.24) is 14.6 Å². The monoisotopic (exact) mass is 229 g/mol. The number of aromatic nitrogens is 3. The molecule has 0 amide bonds. The molecular weight excluding hydrogens is 225 g/mol. The summed E-state index contributed by atoms with van der Waals surface area (Å²) in [6.45, 7) is 1.72. The molecule has 5 heteroatoms. The van der Waals surface area contributed by atoms with Crippen LogP contribution in [0.4, 0.5) is 4.39 Å². The molecule has 3 nitrogen and oxygen atoms in total. The summed E-state index contributed by atoms with van der Waals surface area (Å²) in [6, 6.07) is 3.31. The summed E-state index contributed by atoms with van der Waals surface area (Å²) < 4.78 is 14.8. The third-order valence-electron chi connectivity index (χ3n) is 1.50. The zero-order valence-corrected chi connectivity index (χ0v) is 7.84. The predicted molar refractivity (Wildman–Crippen MR) is 45.4 cm³/mol. The van der Waals surface area contributed by atoms with Gasteiger partial charge in [0.25, 0.3) is 0 Å². The molecule has 0 bridgehead atoms. The fourth-order valence-corrected chi connectivity index (χ4v) is 1.30. The van der Waals surface area contributed by atoms with Crippen LogP contribution in [0, 0.1) is 12.9 Å². The summed E-state index contributed by atoms with van der Waals surface area (Å²) in [5.41, 5.74) is 0.521. The molecule has 0 atom stereocenters. The zero-order valence-electron chi connectivity index (χ0n) is 6.25. The Kier molecular flexibility index (Phi) is 1.61. The van der Waals surface area contributed by atoms with Gasteiger partial charge in [0.2, 0.25) is 5.95 Å². The highest BCUT2D eigenvalue weighted by Gasteiger charge is 2.06. The molecule has 12 heavy (non-hydrogen) atoms. The van der Waals surface area contributed by atoms with Gasteiger partial charge in [0.15, 0.2) is 5.65 Å². The molecule has 0 aliphatic carbocycles. The van der Waals surface area contributed by atoms with Crippen LogP contribution in [0.2, 0.25) is 0 Å². The molecule has 0 fully saturated rings. The Morgan fingerprint density at radius 2 is 2.25 bits per heavy atom. The van der Waals surface area contributed by atoms with Gasteiger partial charge >= 0.3 is 0 Å². The van der Waals surface area contributed by atoms with Gasteiger partial charge in [-0.25, -0.2) is 4.98 Å². The summed E-state index contributed by atoms with van der Waals surface area (Å²) in [6.07, 6.45) is 0. The van der Waals surface area contributed by atoms with E-state index in [0.717, 1.165) is 0 Å². The normalized spacial score (nSPS) is 10.9. The van der Waals surface area contributed by atoms with Crippen LogP contribution in [0.5, 0.6) is 0 Å². The van der Waals surface area contributed by atoms with E-state index in [9.17, 15) is 4.39 Å². The molecule has 0 N–H and O–H groups in total. The summed E-state index contributed by atoms with van der Waals surface area (Å²) in [7, 11) is 0. The van der Waals surface area contributed by atoms with E-state index in [4.69, 9.17) is 0 Å². The SMILES string of the molecule is Cc1nc2ccc(Br)c(F)n2n1. The van der Waals surface area contributed by atoms with Crippen LogP contribution >= 0.6 is 15.9 Å². The first kappa shape index (κ1) is 7.67. The van der Waals surface area contributed by atoms with Crippen molar-refractivity contribution in [1.29, 1.82) is 0 Å². The van der Waals surface area contributed by atoms with Gasteiger partial charge < -0.3 is 0 Å². The van der Waals surface area contributed by atoms with Gasteiger partial charge in [-0.2, -0.15) is 8.91 Å². The van der Waals surface area contributed by atoms with Crippen LogP contribution in [-0.2, 0) is 0 Å². The van der Waals surface area contributed by atoms with Crippen molar-refractivity contribution >= 4 is 21.6 Å². The Labute approximate surface area is 76.4 Å². The van der Waals surface area contributed by atoms with Gasteiger partial charge in [-0.3, -0.25) is 0 Å². The molecule has 0 spiro atoms. The maximum absolute atomic E-state index is 13.2. The number of hydrogen-bond donors (Lipinski definition) is 0. The molecule has 0 aliphatic rings. The van der Waals surface area contributed by atoms with Crippen molar-refractivity contribution in [2.75, 3.05) is 0 Å². The number of halogens is 2. The first-order valence-electron chi connectivity index (χ1n) is 3.36. The van der Waals surface area contributed by atoms with Crippen molar-refractivity contribution < 1.29 is 4.39 Å². The zero-order chi connectivity index (χ0) is 8.72. The lowest BCUT2D eigenvalue weighted by atomic mass is 10.5. The molecule has 2 rings (SSSR count). The molecule has 62 valence electrons. The van der Waals surface area contributed by atoms with E-state index in [-0.39, 0.29) is 0 Å². The number of fused-ring (bicyclic) bond motifs is 1. The molecule has 0 unspecified atom stereocenters. The molecule has 0 radical (unpaired) electrons. The van der Waals surface area contributed by atoms with E-state index in [1.54, 1.807) is 19.1 Å². The highest BCUT2D eigenvalue weighted by atomic mass is 79.9. The number of nitrogens with zero attached hydrogens (tertiary/aromatic N) is 3. The number of aryl methyl sites for hydroxylation is 1. The van der Waals surface area contributed by atoms with Gasteiger partial charge in [-0.05, 0) is 35.0 Å². The Hall–Kier alpha value is -0.970. The van der Waals surface area contributed by atoms with Crippen molar-refractivity contribution in [3.8, 4) is 0 Å². The fraction of sp³-hybridized carbons (Fsp3) is 0.143. The third kappa shape index (κ3) is 1.01. The predicted octanol–water partition coefficient (Wildman–Crippen LogP) is 1.94. The molecule has 2 heterocycles. The van der Waals surface area contributed by atoms with Crippen LogP contribution in [0.3, 0.4) is 0 Å². The first-order chi connectivity index (χ1) is 5.68. The minimum atomic E-state index is -0.423. The summed E-state index contributed by atoms with van der Waals surface area (Å²) in [5, 5.41) is 3.87. The quantitative estimate of drug-likeness (QED) is 0.647. The second-order valence-corrected chi connectivity index (χ2v) is 3.26. The lowest BCUT2D eigenvalue weighted by molar-refractivity contribution is 0.537. The molecular formula is C7H5BrFN3. The van der Waals surface area contributed by atoms with Gasteiger partial charge in [-0.1, -0.05) is 0 Å². The van der Waals surface area contributed by atoms with Crippen LogP contribution in [-0.4, -0.2) is 14.6 Å². The van der Waals surface area contributed by atoms with Crippen molar-refractivity contribution in [2.45, 2.75) is 6.92 Å². The summed E-state index contributed by atoms with van der Waals surface area (Å²) in [4.78, 5) is 4.01. The molecule has 0 saturated carbocycles. The van der Waals surface area contributed by atoms with E-state index in [1.807, 2.05) is 0 Å². The van der Waals surface area contributed by atoms with Gasteiger partial charge in [-0.15, -0.1) is 5.10 Å². The van der Waals surface area contributed by atoms with Crippen LogP contribution in [0.1, 0.15) is 5.82 Å². The number of pyridine rings is 1. The molecule has 0 aliphatic heterocycles. The third-order valence-corrected chi connectivity index (χ3v) is 2.09. The Morgan fingerprint density at radius 3 is 3.00 bits per heavy atom. The largest absolute Gasteiger partial charge is 0.230 e. The standard InChI is InChI=1S/C7H5BrFN3/c1-4-10-6-3-2-5(8)7(9)12(6)11-4/h2-3H,1H3. The smallest absolute Gasteiger partial charge is 0.212 e. The lowest BCUT2D eigenvalue weighted by Gasteiger charge is -1.94. The second kappa shape index (κ2) is 2.52. The summed E-state index contributed by atoms with van der Waals surface area (Å²) in [5.74, 6) is 0.139. The Bertz CT molecular complexity index is 437. The maximum Gasteiger partial charge on any atom is 0.230 e. The second-order valence-electron chi connectivity index (χ2n) is 2.40. The van der Waals surface area contributed by atoms with Crippen LogP contribution in [0.15, 0.2) is 16.6 Å². The van der Waals surface area contributed by atoms with E-state index in [0.29, 0.717) is 15.9 Å². The van der Waals surface area contributed by atoms with Gasteiger partial charge in [0.05, 0.1) is 4.47 Å². The van der Waals surface area contributed by atoms with Gasteiger partial charge in [0.1, 0.15) is 5.82 Å². The van der Waals surface area contributed by atoms with E-state index < -0.39 is 5.95 Å². The van der Waals surface area contributed by atoms with Crippen LogP contribution in [0.25, 0.3) is 5.65 Å². The molecule has 2 aromatic rings.